The zero-order valence-electron chi connectivity index (χ0n) is 11.2. The average Bonchev–Trinajstić information content (AvgIpc) is 2.86. The molecule has 0 bridgehead atoms. The molecule has 2 rings (SSSR count). The number of halogens is 3. The number of alkyl halides is 3. The Morgan fingerprint density at radius 2 is 1.95 bits per heavy atom. The van der Waals surface area contributed by atoms with E-state index in [-0.39, 0.29) is 16.7 Å². The molecule has 8 heteroatoms. The fourth-order valence-corrected chi connectivity index (χ4v) is 2.28. The molecular weight excluding hydrogens is 303 g/mol. The Morgan fingerprint density at radius 1 is 1.29 bits per heavy atom. The summed E-state index contributed by atoms with van der Waals surface area (Å²) in [6.07, 6.45) is 1.54. The van der Waals surface area contributed by atoms with Crippen molar-refractivity contribution in [3.05, 3.63) is 41.5 Å². The van der Waals surface area contributed by atoms with E-state index in [1.165, 1.54) is 24.3 Å². The number of hydrogen-bond acceptors (Lipinski definition) is 5. The van der Waals surface area contributed by atoms with Crippen LogP contribution in [-0.2, 0) is 6.42 Å². The molecule has 4 nitrogen and oxygen atoms in total. The molecule has 0 aliphatic carbocycles. The van der Waals surface area contributed by atoms with Crippen molar-refractivity contribution in [1.29, 1.82) is 0 Å². The largest absolute Gasteiger partial charge is 0.446 e. The Kier molecular flexibility index (Phi) is 4.89. The van der Waals surface area contributed by atoms with E-state index >= 15 is 0 Å². The van der Waals surface area contributed by atoms with Crippen LogP contribution in [0.4, 0.5) is 13.2 Å². The van der Waals surface area contributed by atoms with E-state index in [2.05, 4.69) is 10.1 Å². The molecule has 2 N–H and O–H groups in total. The molecule has 0 spiro atoms. The maximum Gasteiger partial charge on any atom is 0.446 e. The van der Waals surface area contributed by atoms with Crippen molar-refractivity contribution in [2.45, 2.75) is 36.2 Å². The van der Waals surface area contributed by atoms with Crippen molar-refractivity contribution in [2.24, 2.45) is 5.73 Å². The minimum absolute atomic E-state index is 0.109. The number of nitrogens with zero attached hydrogens (tertiary/aromatic N) is 2. The van der Waals surface area contributed by atoms with E-state index in [1.807, 2.05) is 6.92 Å². The number of thioether (sulfide) groups is 1. The standard InChI is InChI=1S/C13H14F3N3OS/c1-2-3-10-18-12(19-20-10)11(17)8-4-6-9(7-5-8)21-13(14,15)16/h4-7,11H,2-3,17H2,1H3. The second-order valence-corrected chi connectivity index (χ2v) is 5.53. The molecule has 21 heavy (non-hydrogen) atoms. The number of rotatable bonds is 5. The van der Waals surface area contributed by atoms with E-state index in [0.29, 0.717) is 23.7 Å². The lowest BCUT2D eigenvalue weighted by atomic mass is 10.1. The highest BCUT2D eigenvalue weighted by Gasteiger charge is 2.29. The number of benzene rings is 1. The third-order valence-corrected chi connectivity index (χ3v) is 3.44. The van der Waals surface area contributed by atoms with Gasteiger partial charge in [-0.25, -0.2) is 0 Å². The lowest BCUT2D eigenvalue weighted by Gasteiger charge is -2.09. The van der Waals surface area contributed by atoms with Crippen LogP contribution in [-0.4, -0.2) is 15.6 Å². The molecule has 0 amide bonds. The van der Waals surface area contributed by atoms with Crippen LogP contribution in [0.2, 0.25) is 0 Å². The Balaban J connectivity index is 2.10. The molecule has 1 aromatic heterocycles. The maximum atomic E-state index is 12.2. The van der Waals surface area contributed by atoms with Crippen LogP contribution in [0.5, 0.6) is 0 Å². The zero-order valence-corrected chi connectivity index (χ0v) is 12.0. The summed E-state index contributed by atoms with van der Waals surface area (Å²) in [5.41, 5.74) is 2.32. The maximum absolute atomic E-state index is 12.2. The molecule has 1 atom stereocenters. The second kappa shape index (κ2) is 6.48. The number of aromatic nitrogens is 2. The predicted molar refractivity (Wildman–Crippen MR) is 72.7 cm³/mol. The quantitative estimate of drug-likeness (QED) is 0.852. The van der Waals surface area contributed by atoms with Gasteiger partial charge in [-0.1, -0.05) is 24.2 Å². The minimum atomic E-state index is -4.30. The van der Waals surface area contributed by atoms with Crippen LogP contribution in [0.25, 0.3) is 0 Å². The lowest BCUT2D eigenvalue weighted by Crippen LogP contribution is -2.13. The topological polar surface area (TPSA) is 64.9 Å². The van der Waals surface area contributed by atoms with Gasteiger partial charge in [-0.2, -0.15) is 18.2 Å². The lowest BCUT2D eigenvalue weighted by molar-refractivity contribution is -0.0328. The summed E-state index contributed by atoms with van der Waals surface area (Å²) >= 11 is -0.163. The van der Waals surface area contributed by atoms with Crippen LogP contribution in [0.3, 0.4) is 0 Å². The van der Waals surface area contributed by atoms with Crippen molar-refractivity contribution in [2.75, 3.05) is 0 Å². The summed E-state index contributed by atoms with van der Waals surface area (Å²) < 4.78 is 41.8. The number of aryl methyl sites for hydroxylation is 1. The molecule has 1 aromatic carbocycles. The molecular formula is C13H14F3N3OS. The highest BCUT2D eigenvalue weighted by Crippen LogP contribution is 2.37. The fraction of sp³-hybridized carbons (Fsp3) is 0.385. The first-order valence-corrected chi connectivity index (χ1v) is 7.14. The summed E-state index contributed by atoms with van der Waals surface area (Å²) in [7, 11) is 0. The molecule has 1 unspecified atom stereocenters. The van der Waals surface area contributed by atoms with Gasteiger partial charge in [-0.3, -0.25) is 0 Å². The third-order valence-electron chi connectivity index (χ3n) is 2.70. The Labute approximate surface area is 123 Å². The monoisotopic (exact) mass is 317 g/mol. The Morgan fingerprint density at radius 3 is 2.52 bits per heavy atom. The average molecular weight is 317 g/mol. The van der Waals surface area contributed by atoms with Gasteiger partial charge < -0.3 is 10.3 Å². The molecule has 0 radical (unpaired) electrons. The van der Waals surface area contributed by atoms with Crippen molar-refractivity contribution in [3.63, 3.8) is 0 Å². The van der Waals surface area contributed by atoms with E-state index < -0.39 is 11.6 Å². The predicted octanol–water partition coefficient (Wildman–Crippen LogP) is 3.68. The van der Waals surface area contributed by atoms with E-state index in [1.54, 1.807) is 0 Å². The SMILES string of the molecule is CCCc1nc(C(N)c2ccc(SC(F)(F)F)cc2)no1. The van der Waals surface area contributed by atoms with Gasteiger partial charge in [-0.05, 0) is 35.9 Å². The third kappa shape index (κ3) is 4.47. The fourth-order valence-electron chi connectivity index (χ4n) is 1.74. The van der Waals surface area contributed by atoms with Crippen LogP contribution >= 0.6 is 11.8 Å². The van der Waals surface area contributed by atoms with Crippen LogP contribution in [0.15, 0.2) is 33.7 Å². The van der Waals surface area contributed by atoms with Crippen molar-refractivity contribution < 1.29 is 17.7 Å². The highest BCUT2D eigenvalue weighted by molar-refractivity contribution is 8.00. The van der Waals surface area contributed by atoms with Gasteiger partial charge in [0.25, 0.3) is 0 Å². The molecule has 2 aromatic rings. The van der Waals surface area contributed by atoms with Crippen LogP contribution in [0.1, 0.15) is 36.7 Å². The number of hydrogen-bond donors (Lipinski definition) is 1. The molecule has 114 valence electrons. The van der Waals surface area contributed by atoms with E-state index in [9.17, 15) is 13.2 Å². The van der Waals surface area contributed by atoms with Gasteiger partial charge in [-0.15, -0.1) is 0 Å². The van der Waals surface area contributed by atoms with Crippen LogP contribution < -0.4 is 5.73 Å². The molecule has 1 heterocycles. The number of nitrogens with two attached hydrogens (primary N) is 1. The van der Waals surface area contributed by atoms with Gasteiger partial charge in [0, 0.05) is 11.3 Å². The first-order chi connectivity index (χ1) is 9.89. The second-order valence-electron chi connectivity index (χ2n) is 4.39. The summed E-state index contributed by atoms with van der Waals surface area (Å²) in [4.78, 5) is 4.28. The van der Waals surface area contributed by atoms with Crippen molar-refractivity contribution in [3.8, 4) is 0 Å². The molecule has 0 aliphatic heterocycles. The van der Waals surface area contributed by atoms with Crippen molar-refractivity contribution in [1.82, 2.24) is 10.1 Å². The Hall–Kier alpha value is -1.54. The van der Waals surface area contributed by atoms with Crippen molar-refractivity contribution >= 4 is 11.8 Å². The molecule has 0 saturated carbocycles. The van der Waals surface area contributed by atoms with Gasteiger partial charge in [0.05, 0.1) is 6.04 Å². The zero-order chi connectivity index (χ0) is 15.5. The summed E-state index contributed by atoms with van der Waals surface area (Å²) in [5, 5.41) is 3.80. The normalized spacial score (nSPS) is 13.4. The highest BCUT2D eigenvalue weighted by atomic mass is 32.2. The summed E-state index contributed by atoms with van der Waals surface area (Å²) in [6, 6.07) is 5.20. The molecule has 0 saturated heterocycles. The van der Waals surface area contributed by atoms with Gasteiger partial charge in [0.15, 0.2) is 5.82 Å². The first kappa shape index (κ1) is 15.8. The summed E-state index contributed by atoms with van der Waals surface area (Å²) in [6.45, 7) is 1.99. The van der Waals surface area contributed by atoms with E-state index in [4.69, 9.17) is 10.3 Å². The van der Waals surface area contributed by atoms with Gasteiger partial charge in [0.2, 0.25) is 5.89 Å². The smallest absolute Gasteiger partial charge is 0.339 e. The van der Waals surface area contributed by atoms with Gasteiger partial charge >= 0.3 is 5.51 Å². The summed E-state index contributed by atoms with van der Waals surface area (Å²) in [5.74, 6) is 0.835. The molecule has 0 fully saturated rings. The van der Waals surface area contributed by atoms with E-state index in [0.717, 1.165) is 6.42 Å². The Bertz CT molecular complexity index is 583. The first-order valence-electron chi connectivity index (χ1n) is 6.33. The van der Waals surface area contributed by atoms with Crippen LogP contribution in [0, 0.1) is 0 Å². The molecule has 0 aliphatic rings. The van der Waals surface area contributed by atoms with Gasteiger partial charge in [0.1, 0.15) is 0 Å². The minimum Gasteiger partial charge on any atom is -0.339 e.